The SMILES string of the molecule is CC(C)CCCO.NC(=O)c1c(-c2ccccc2)nc2c(Nc3ccnc(N4CCOCC4)n3)cccn12. The number of nitrogens with zero attached hydrogens (tertiary/aromatic N) is 5. The first-order chi connectivity index (χ1) is 18.5. The first kappa shape index (κ1) is 27.0. The number of carbonyl (C=O) groups is 1. The zero-order chi connectivity index (χ0) is 26.9. The smallest absolute Gasteiger partial charge is 0.268 e. The van der Waals surface area contributed by atoms with E-state index in [1.54, 1.807) is 22.9 Å². The van der Waals surface area contributed by atoms with Gasteiger partial charge in [-0.2, -0.15) is 4.98 Å². The Kier molecular flexibility index (Phi) is 9.23. The Labute approximate surface area is 222 Å². The first-order valence-corrected chi connectivity index (χ1v) is 12.9. The third-order valence-corrected chi connectivity index (χ3v) is 6.07. The van der Waals surface area contributed by atoms with Crippen molar-refractivity contribution in [2.45, 2.75) is 26.7 Å². The van der Waals surface area contributed by atoms with Crippen LogP contribution in [0, 0.1) is 5.92 Å². The van der Waals surface area contributed by atoms with Gasteiger partial charge in [0.1, 0.15) is 17.2 Å². The zero-order valence-corrected chi connectivity index (χ0v) is 21.9. The van der Waals surface area contributed by atoms with Gasteiger partial charge < -0.3 is 25.8 Å². The Balaban J connectivity index is 0.000000426. The molecule has 1 aliphatic heterocycles. The quantitative estimate of drug-likeness (QED) is 0.321. The van der Waals surface area contributed by atoms with Crippen molar-refractivity contribution in [3.05, 3.63) is 66.6 Å². The number of morpholine rings is 1. The van der Waals surface area contributed by atoms with Gasteiger partial charge in [0.05, 0.1) is 18.9 Å². The van der Waals surface area contributed by atoms with Crippen molar-refractivity contribution in [1.82, 2.24) is 19.4 Å². The Morgan fingerprint density at radius 2 is 1.87 bits per heavy atom. The number of rotatable bonds is 8. The minimum Gasteiger partial charge on any atom is -0.396 e. The summed E-state index contributed by atoms with van der Waals surface area (Å²) in [6.07, 6.45) is 5.60. The summed E-state index contributed by atoms with van der Waals surface area (Å²) < 4.78 is 7.11. The molecule has 4 heterocycles. The topological polar surface area (TPSA) is 131 Å². The van der Waals surface area contributed by atoms with Crippen LogP contribution in [-0.4, -0.2) is 63.3 Å². The highest BCUT2D eigenvalue weighted by Gasteiger charge is 2.20. The molecule has 0 unspecified atom stereocenters. The summed E-state index contributed by atoms with van der Waals surface area (Å²) in [7, 11) is 0. The number of benzene rings is 1. The van der Waals surface area contributed by atoms with Gasteiger partial charge in [-0.3, -0.25) is 9.20 Å². The number of nitrogens with one attached hydrogen (secondary N) is 1. The molecule has 0 bridgehead atoms. The second-order valence-electron chi connectivity index (χ2n) is 9.38. The van der Waals surface area contributed by atoms with Gasteiger partial charge in [-0.1, -0.05) is 44.2 Å². The molecular weight excluding hydrogens is 482 g/mol. The predicted octanol–water partition coefficient (Wildman–Crippen LogP) is 3.89. The van der Waals surface area contributed by atoms with Gasteiger partial charge in [0.15, 0.2) is 5.65 Å². The van der Waals surface area contributed by atoms with Crippen molar-refractivity contribution in [2.75, 3.05) is 43.1 Å². The molecular formula is C28H35N7O3. The number of ether oxygens (including phenoxy) is 1. The van der Waals surface area contributed by atoms with Crippen molar-refractivity contribution in [1.29, 1.82) is 0 Å². The fourth-order valence-corrected chi connectivity index (χ4v) is 4.17. The summed E-state index contributed by atoms with van der Waals surface area (Å²) >= 11 is 0. The molecule has 10 nitrogen and oxygen atoms in total. The predicted molar refractivity (Wildman–Crippen MR) is 149 cm³/mol. The molecule has 1 aliphatic rings. The number of primary amides is 1. The van der Waals surface area contributed by atoms with E-state index in [4.69, 9.17) is 20.6 Å². The summed E-state index contributed by atoms with van der Waals surface area (Å²) in [5.41, 5.74) is 8.70. The Hall–Kier alpha value is -4.02. The van der Waals surface area contributed by atoms with E-state index in [9.17, 15) is 4.79 Å². The maximum absolute atomic E-state index is 12.3. The molecule has 0 atom stereocenters. The molecule has 38 heavy (non-hydrogen) atoms. The number of fused-ring (bicyclic) bond motifs is 1. The number of aliphatic hydroxyl groups excluding tert-OH is 1. The van der Waals surface area contributed by atoms with Crippen LogP contribution in [-0.2, 0) is 4.74 Å². The lowest BCUT2D eigenvalue weighted by atomic mass is 10.1. The van der Waals surface area contributed by atoms with Crippen LogP contribution in [0.5, 0.6) is 0 Å². The van der Waals surface area contributed by atoms with E-state index in [1.165, 1.54) is 0 Å². The highest BCUT2D eigenvalue weighted by atomic mass is 16.5. The minimum absolute atomic E-state index is 0.335. The number of imidazole rings is 1. The summed E-state index contributed by atoms with van der Waals surface area (Å²) in [4.78, 5) is 28.1. The highest BCUT2D eigenvalue weighted by molar-refractivity contribution is 5.99. The van der Waals surface area contributed by atoms with E-state index in [-0.39, 0.29) is 0 Å². The number of carbonyl (C=O) groups excluding carboxylic acids is 1. The molecule has 1 aromatic carbocycles. The van der Waals surface area contributed by atoms with Crippen molar-refractivity contribution in [3.63, 3.8) is 0 Å². The number of aromatic nitrogens is 4. The fourth-order valence-electron chi connectivity index (χ4n) is 4.17. The standard InChI is InChI=1S/C22H21N7O2.C6H14O/c23-20(30)19-18(15-5-2-1-3-6-15)27-21-16(7-4-10-29(19)21)25-17-8-9-24-22(26-17)28-11-13-31-14-12-28;1-6(2)4-3-5-7/h1-10H,11-14H2,(H2,23,30)(H,24,25,26);6-7H,3-5H2,1-2H3. The summed E-state index contributed by atoms with van der Waals surface area (Å²) in [5, 5.41) is 11.6. The minimum atomic E-state index is -0.542. The van der Waals surface area contributed by atoms with E-state index in [0.717, 1.165) is 37.4 Å². The Morgan fingerprint density at radius 3 is 2.53 bits per heavy atom. The molecule has 1 saturated heterocycles. The van der Waals surface area contributed by atoms with Gasteiger partial charge in [-0.05, 0) is 37.0 Å². The number of hydrogen-bond donors (Lipinski definition) is 3. The van der Waals surface area contributed by atoms with E-state index < -0.39 is 5.91 Å². The van der Waals surface area contributed by atoms with Crippen molar-refractivity contribution < 1.29 is 14.6 Å². The monoisotopic (exact) mass is 517 g/mol. The molecule has 0 spiro atoms. The number of pyridine rings is 1. The average molecular weight is 518 g/mol. The molecule has 200 valence electrons. The van der Waals surface area contributed by atoms with Crippen LogP contribution >= 0.6 is 0 Å². The average Bonchev–Trinajstić information content (AvgIpc) is 3.35. The van der Waals surface area contributed by atoms with Crippen molar-refractivity contribution >= 4 is 29.0 Å². The lowest BCUT2D eigenvalue weighted by Gasteiger charge is -2.26. The van der Waals surface area contributed by atoms with Crippen LogP contribution in [0.25, 0.3) is 16.9 Å². The third kappa shape index (κ3) is 6.64. The molecule has 4 N–H and O–H groups in total. The van der Waals surface area contributed by atoms with Crippen LogP contribution in [0.15, 0.2) is 60.9 Å². The number of hydrogen-bond acceptors (Lipinski definition) is 8. The first-order valence-electron chi connectivity index (χ1n) is 12.9. The number of nitrogens with two attached hydrogens (primary N) is 1. The van der Waals surface area contributed by atoms with E-state index >= 15 is 0 Å². The Bertz CT molecular complexity index is 1340. The van der Waals surface area contributed by atoms with Crippen LogP contribution in [0.1, 0.15) is 37.2 Å². The van der Waals surface area contributed by atoms with Crippen molar-refractivity contribution in [3.8, 4) is 11.3 Å². The van der Waals surface area contributed by atoms with Gasteiger partial charge in [0, 0.05) is 37.7 Å². The molecule has 3 aromatic heterocycles. The normalized spacial score (nSPS) is 13.3. The maximum atomic E-state index is 12.3. The summed E-state index contributed by atoms with van der Waals surface area (Å²) in [6, 6.07) is 15.0. The van der Waals surface area contributed by atoms with Crippen LogP contribution < -0.4 is 16.0 Å². The van der Waals surface area contributed by atoms with Gasteiger partial charge in [0.25, 0.3) is 5.91 Å². The maximum Gasteiger partial charge on any atom is 0.268 e. The Morgan fingerprint density at radius 1 is 1.11 bits per heavy atom. The number of amides is 1. The van der Waals surface area contributed by atoms with E-state index in [1.807, 2.05) is 42.5 Å². The van der Waals surface area contributed by atoms with Gasteiger partial charge >= 0.3 is 0 Å². The third-order valence-electron chi connectivity index (χ3n) is 6.07. The molecule has 1 fully saturated rings. The van der Waals surface area contributed by atoms with Crippen molar-refractivity contribution in [2.24, 2.45) is 11.7 Å². The summed E-state index contributed by atoms with van der Waals surface area (Å²) in [6.45, 7) is 7.49. The van der Waals surface area contributed by atoms with Crippen LogP contribution in [0.2, 0.25) is 0 Å². The molecule has 1 amide bonds. The molecule has 5 rings (SSSR count). The summed E-state index contributed by atoms with van der Waals surface area (Å²) in [5.74, 6) is 1.48. The molecule has 0 aliphatic carbocycles. The van der Waals surface area contributed by atoms with Crippen LogP contribution in [0.4, 0.5) is 17.5 Å². The lowest BCUT2D eigenvalue weighted by Crippen LogP contribution is -2.37. The molecule has 0 saturated carbocycles. The molecule has 0 radical (unpaired) electrons. The number of aliphatic hydroxyl groups is 1. The fraction of sp³-hybridized carbons (Fsp3) is 0.357. The highest BCUT2D eigenvalue weighted by Crippen LogP contribution is 2.29. The largest absolute Gasteiger partial charge is 0.396 e. The van der Waals surface area contributed by atoms with E-state index in [0.29, 0.717) is 54.3 Å². The van der Waals surface area contributed by atoms with E-state index in [2.05, 4.69) is 34.0 Å². The second kappa shape index (κ2) is 13.0. The molecule has 4 aromatic rings. The van der Waals surface area contributed by atoms with Gasteiger partial charge in [0.2, 0.25) is 5.95 Å². The lowest BCUT2D eigenvalue weighted by molar-refractivity contribution is 0.0995. The van der Waals surface area contributed by atoms with Gasteiger partial charge in [-0.15, -0.1) is 0 Å². The van der Waals surface area contributed by atoms with Gasteiger partial charge in [-0.25, -0.2) is 9.97 Å². The molecule has 10 heteroatoms. The zero-order valence-electron chi connectivity index (χ0n) is 21.9. The second-order valence-corrected chi connectivity index (χ2v) is 9.38. The van der Waals surface area contributed by atoms with Crippen LogP contribution in [0.3, 0.4) is 0 Å². The number of anilines is 3.